The highest BCUT2D eigenvalue weighted by Gasteiger charge is 2.08. The predicted molar refractivity (Wildman–Crippen MR) is 143 cm³/mol. The summed E-state index contributed by atoms with van der Waals surface area (Å²) in [6.45, 7) is 1.36. The van der Waals surface area contributed by atoms with Crippen LogP contribution in [0, 0.1) is 11.6 Å². The van der Waals surface area contributed by atoms with E-state index < -0.39 is 23.4 Å². The summed E-state index contributed by atoms with van der Waals surface area (Å²) in [5, 5.41) is 5.41. The molecular weight excluding hydrogens is 506 g/mol. The van der Waals surface area contributed by atoms with Crippen LogP contribution in [-0.4, -0.2) is 38.2 Å². The zero-order valence-corrected chi connectivity index (χ0v) is 20.9. The van der Waals surface area contributed by atoms with Crippen LogP contribution in [0.25, 0.3) is 0 Å². The summed E-state index contributed by atoms with van der Waals surface area (Å²) in [7, 11) is 0. The van der Waals surface area contributed by atoms with Crippen molar-refractivity contribution in [1.82, 2.24) is 0 Å². The molecule has 9 heteroatoms. The number of hydrogen-bond acceptors (Lipinski definition) is 5. The lowest BCUT2D eigenvalue weighted by Crippen LogP contribution is -2.13. The van der Waals surface area contributed by atoms with Crippen LogP contribution < -0.4 is 20.1 Å². The fourth-order valence-corrected chi connectivity index (χ4v) is 3.47. The second-order valence-electron chi connectivity index (χ2n) is 8.29. The molecule has 0 aliphatic heterocycles. The van der Waals surface area contributed by atoms with Crippen LogP contribution in [0.3, 0.4) is 0 Å². The number of rotatable bonds is 12. The van der Waals surface area contributed by atoms with Crippen LogP contribution in [0.4, 0.5) is 20.2 Å². The Balaban J connectivity index is 1.09. The standard InChI is InChI=1S/C30H26F2N2O5/c31-23-5-1-3-21(19-23)29(35)33-25-7-11-27(12-8-25)38-17-15-37-16-18-39-28-13-9-26(10-14-28)34-30(36)22-4-2-6-24(32)20-22/h1-14,19-20H,15-18H2,(H,33,35)(H,34,36). The van der Waals surface area contributed by atoms with Gasteiger partial charge in [0.1, 0.15) is 36.3 Å². The molecule has 0 atom stereocenters. The molecule has 0 radical (unpaired) electrons. The maximum Gasteiger partial charge on any atom is 0.255 e. The first-order valence-corrected chi connectivity index (χ1v) is 12.1. The molecule has 0 unspecified atom stereocenters. The third kappa shape index (κ3) is 8.65. The van der Waals surface area contributed by atoms with E-state index in [4.69, 9.17) is 14.2 Å². The molecule has 4 aromatic rings. The van der Waals surface area contributed by atoms with Crippen molar-refractivity contribution in [1.29, 1.82) is 0 Å². The Labute approximate surface area is 224 Å². The number of ether oxygens (including phenoxy) is 3. The van der Waals surface area contributed by atoms with Crippen LogP contribution in [0.5, 0.6) is 11.5 Å². The van der Waals surface area contributed by atoms with Gasteiger partial charge in [0, 0.05) is 22.5 Å². The van der Waals surface area contributed by atoms with Crippen LogP contribution in [0.2, 0.25) is 0 Å². The van der Waals surface area contributed by atoms with Gasteiger partial charge in [-0.2, -0.15) is 0 Å². The first kappa shape index (κ1) is 27.3. The summed E-state index contributed by atoms with van der Waals surface area (Å²) in [6, 6.07) is 24.6. The van der Waals surface area contributed by atoms with Gasteiger partial charge in [-0.15, -0.1) is 0 Å². The number of carbonyl (C=O) groups is 2. The third-order valence-electron chi connectivity index (χ3n) is 5.39. The fraction of sp³-hybridized carbons (Fsp3) is 0.133. The summed E-state index contributed by atoms with van der Waals surface area (Å²) < 4.78 is 43.3. The van der Waals surface area contributed by atoms with E-state index in [1.165, 1.54) is 48.5 Å². The van der Waals surface area contributed by atoms with Crippen molar-refractivity contribution in [2.45, 2.75) is 0 Å². The van der Waals surface area contributed by atoms with Crippen molar-refractivity contribution in [3.63, 3.8) is 0 Å². The zero-order valence-electron chi connectivity index (χ0n) is 20.9. The zero-order chi connectivity index (χ0) is 27.5. The minimum atomic E-state index is -0.472. The molecule has 200 valence electrons. The van der Waals surface area contributed by atoms with Crippen LogP contribution >= 0.6 is 0 Å². The van der Waals surface area contributed by atoms with Gasteiger partial charge in [-0.1, -0.05) is 12.1 Å². The van der Waals surface area contributed by atoms with Crippen molar-refractivity contribution in [2.75, 3.05) is 37.1 Å². The Morgan fingerprint density at radius 3 is 1.36 bits per heavy atom. The lowest BCUT2D eigenvalue weighted by molar-refractivity contribution is 0.0764. The summed E-state index contributed by atoms with van der Waals surface area (Å²) in [5.74, 6) is -0.516. The highest BCUT2D eigenvalue weighted by atomic mass is 19.1. The molecule has 39 heavy (non-hydrogen) atoms. The Hall–Kier alpha value is -4.76. The van der Waals surface area contributed by atoms with Gasteiger partial charge in [0.2, 0.25) is 0 Å². The molecule has 0 saturated carbocycles. The number of halogens is 2. The van der Waals surface area contributed by atoms with Crippen LogP contribution in [-0.2, 0) is 4.74 Å². The highest BCUT2D eigenvalue weighted by Crippen LogP contribution is 2.18. The van der Waals surface area contributed by atoms with Gasteiger partial charge in [-0.25, -0.2) is 8.78 Å². The Morgan fingerprint density at radius 2 is 0.974 bits per heavy atom. The van der Waals surface area contributed by atoms with E-state index in [1.54, 1.807) is 48.5 Å². The van der Waals surface area contributed by atoms with Gasteiger partial charge in [-0.3, -0.25) is 9.59 Å². The Bertz CT molecular complexity index is 1290. The van der Waals surface area contributed by atoms with Gasteiger partial charge in [0.25, 0.3) is 11.8 Å². The molecule has 4 rings (SSSR count). The second-order valence-corrected chi connectivity index (χ2v) is 8.29. The number of hydrogen-bond donors (Lipinski definition) is 2. The van der Waals surface area contributed by atoms with E-state index in [0.29, 0.717) is 49.3 Å². The minimum absolute atomic E-state index is 0.236. The van der Waals surface area contributed by atoms with E-state index in [0.717, 1.165) is 0 Å². The van der Waals surface area contributed by atoms with Gasteiger partial charge < -0.3 is 24.8 Å². The first-order valence-electron chi connectivity index (χ1n) is 12.1. The van der Waals surface area contributed by atoms with Gasteiger partial charge in [0.15, 0.2) is 0 Å². The highest BCUT2D eigenvalue weighted by molar-refractivity contribution is 6.04. The molecule has 0 fully saturated rings. The summed E-state index contributed by atoms with van der Waals surface area (Å²) in [4.78, 5) is 24.4. The number of anilines is 2. The average molecular weight is 533 g/mol. The third-order valence-corrected chi connectivity index (χ3v) is 5.39. The van der Waals surface area contributed by atoms with Crippen molar-refractivity contribution >= 4 is 23.2 Å². The van der Waals surface area contributed by atoms with E-state index in [9.17, 15) is 18.4 Å². The van der Waals surface area contributed by atoms with E-state index >= 15 is 0 Å². The van der Waals surface area contributed by atoms with Crippen molar-refractivity contribution in [3.05, 3.63) is 120 Å². The van der Waals surface area contributed by atoms with Crippen molar-refractivity contribution in [2.24, 2.45) is 0 Å². The smallest absolute Gasteiger partial charge is 0.255 e. The molecule has 0 bridgehead atoms. The van der Waals surface area contributed by atoms with Gasteiger partial charge in [-0.05, 0) is 84.9 Å². The summed E-state index contributed by atoms with van der Waals surface area (Å²) >= 11 is 0. The number of benzene rings is 4. The lowest BCUT2D eigenvalue weighted by Gasteiger charge is -2.10. The molecule has 0 saturated heterocycles. The molecule has 0 spiro atoms. The SMILES string of the molecule is O=C(Nc1ccc(OCCOCCOc2ccc(NC(=O)c3cccc(F)c3)cc2)cc1)c1cccc(F)c1. The monoisotopic (exact) mass is 532 g/mol. The molecule has 4 aromatic carbocycles. The summed E-state index contributed by atoms with van der Waals surface area (Å²) in [6.07, 6.45) is 0. The molecule has 0 aliphatic carbocycles. The molecule has 0 aliphatic rings. The largest absolute Gasteiger partial charge is 0.491 e. The molecule has 7 nitrogen and oxygen atoms in total. The van der Waals surface area contributed by atoms with Gasteiger partial charge in [0.05, 0.1) is 13.2 Å². The lowest BCUT2D eigenvalue weighted by atomic mass is 10.2. The molecular formula is C30H26F2N2O5. The minimum Gasteiger partial charge on any atom is -0.491 e. The normalized spacial score (nSPS) is 10.5. The maximum atomic E-state index is 13.3. The molecule has 2 amide bonds. The maximum absolute atomic E-state index is 13.3. The second kappa shape index (κ2) is 13.7. The topological polar surface area (TPSA) is 85.9 Å². The van der Waals surface area contributed by atoms with Gasteiger partial charge >= 0.3 is 0 Å². The van der Waals surface area contributed by atoms with Crippen molar-refractivity contribution in [3.8, 4) is 11.5 Å². The Kier molecular flexibility index (Phi) is 9.57. The quantitative estimate of drug-likeness (QED) is 0.221. The average Bonchev–Trinajstić information content (AvgIpc) is 2.94. The summed E-state index contributed by atoms with van der Waals surface area (Å²) in [5.41, 5.74) is 1.60. The van der Waals surface area contributed by atoms with E-state index in [1.807, 2.05) is 0 Å². The fourth-order valence-electron chi connectivity index (χ4n) is 3.47. The van der Waals surface area contributed by atoms with Crippen LogP contribution in [0.1, 0.15) is 20.7 Å². The number of amides is 2. The first-order chi connectivity index (χ1) is 19.0. The van der Waals surface area contributed by atoms with Crippen LogP contribution in [0.15, 0.2) is 97.1 Å². The number of carbonyl (C=O) groups excluding carboxylic acids is 2. The number of nitrogens with one attached hydrogen (secondary N) is 2. The predicted octanol–water partition coefficient (Wildman–Crippen LogP) is 5.94. The molecule has 2 N–H and O–H groups in total. The Morgan fingerprint density at radius 1 is 0.564 bits per heavy atom. The van der Waals surface area contributed by atoms with Crippen molar-refractivity contribution < 1.29 is 32.6 Å². The van der Waals surface area contributed by atoms with E-state index in [2.05, 4.69) is 10.6 Å². The van der Waals surface area contributed by atoms with E-state index in [-0.39, 0.29) is 11.1 Å². The molecule has 0 heterocycles. The molecule has 0 aromatic heterocycles.